The first kappa shape index (κ1) is 30.5. The summed E-state index contributed by atoms with van der Waals surface area (Å²) < 4.78 is 32.9. The van der Waals surface area contributed by atoms with Crippen LogP contribution in [0.5, 0.6) is 0 Å². The van der Waals surface area contributed by atoms with Gasteiger partial charge < -0.3 is 10.2 Å². The Hall–Kier alpha value is -4.08. The van der Waals surface area contributed by atoms with Crippen molar-refractivity contribution >= 4 is 38.9 Å². The molecule has 0 saturated carbocycles. The predicted molar refractivity (Wildman–Crippen MR) is 156 cm³/mol. The van der Waals surface area contributed by atoms with Crippen molar-refractivity contribution in [3.05, 3.63) is 59.3 Å². The minimum absolute atomic E-state index is 0.236. The second kappa shape index (κ2) is 12.4. The number of aryl methyl sites for hydroxylation is 1. The molecule has 1 heterocycles. The highest BCUT2D eigenvalue weighted by Gasteiger charge is 2.28. The molecule has 0 spiro atoms. The summed E-state index contributed by atoms with van der Waals surface area (Å²) in [6.07, 6.45) is 0.236. The predicted octanol–water partition coefficient (Wildman–Crippen LogP) is 5.83. The third-order valence-corrected chi connectivity index (χ3v) is 6.95. The van der Waals surface area contributed by atoms with E-state index in [0.29, 0.717) is 35.7 Å². The molecule has 0 aliphatic heterocycles. The van der Waals surface area contributed by atoms with Crippen LogP contribution >= 0.6 is 0 Å². The van der Waals surface area contributed by atoms with Crippen molar-refractivity contribution in [1.82, 2.24) is 9.78 Å². The average Bonchev–Trinajstić information content (AvgIpc) is 3.24. The fraction of sp³-hybridized carbons (Fsp3) is 0.393. The summed E-state index contributed by atoms with van der Waals surface area (Å²) in [4.78, 5) is 13.9. The molecule has 0 atom stereocenters. The van der Waals surface area contributed by atoms with E-state index in [0.717, 1.165) is 16.9 Å². The van der Waals surface area contributed by atoms with E-state index in [1.165, 1.54) is 6.92 Å². The summed E-state index contributed by atoms with van der Waals surface area (Å²) in [7, 11) is -4.06. The van der Waals surface area contributed by atoms with Gasteiger partial charge in [-0.1, -0.05) is 39.0 Å². The van der Waals surface area contributed by atoms with E-state index in [4.69, 9.17) is 9.65 Å². The molecule has 0 fully saturated rings. The Morgan fingerprint density at radius 1 is 1.20 bits per heavy atom. The Morgan fingerprint density at radius 2 is 1.90 bits per heavy atom. The molecule has 0 unspecified atom stereocenters. The average molecular weight is 566 g/mol. The van der Waals surface area contributed by atoms with Crippen molar-refractivity contribution in [2.45, 2.75) is 53.4 Å². The molecule has 2 aromatic carbocycles. The maximum absolute atomic E-state index is 12.0. The van der Waals surface area contributed by atoms with Crippen LogP contribution in [0.4, 0.5) is 22.9 Å². The quantitative estimate of drug-likeness (QED) is 0.232. The van der Waals surface area contributed by atoms with Gasteiger partial charge in [-0.25, -0.2) is 4.68 Å². The summed E-state index contributed by atoms with van der Waals surface area (Å²) in [5, 5.41) is 26.6. The number of benzene rings is 2. The van der Waals surface area contributed by atoms with Crippen LogP contribution in [0.15, 0.2) is 52.7 Å². The lowest BCUT2D eigenvalue weighted by Crippen LogP contribution is -2.25. The van der Waals surface area contributed by atoms with Crippen LogP contribution < -0.4 is 10.2 Å². The zero-order valence-corrected chi connectivity index (χ0v) is 24.4. The number of aromatic nitrogens is 2. The van der Waals surface area contributed by atoms with E-state index in [9.17, 15) is 18.5 Å². The van der Waals surface area contributed by atoms with Gasteiger partial charge in [0.1, 0.15) is 17.3 Å². The molecule has 0 saturated heterocycles. The smallest absolute Gasteiger partial charge is 0.264 e. The monoisotopic (exact) mass is 565 g/mol. The number of hydrogen-bond acceptors (Lipinski definition) is 8. The Bertz CT molecular complexity index is 1560. The number of azo groups is 1. The normalized spacial score (nSPS) is 11.9. The summed E-state index contributed by atoms with van der Waals surface area (Å²) in [5.41, 5.74) is 3.70. The highest BCUT2D eigenvalue weighted by Crippen LogP contribution is 2.36. The van der Waals surface area contributed by atoms with Crippen LogP contribution in [0.2, 0.25) is 0 Å². The van der Waals surface area contributed by atoms with Crippen molar-refractivity contribution in [2.24, 2.45) is 10.2 Å². The maximum atomic E-state index is 12.0. The first-order valence-electron chi connectivity index (χ1n) is 12.9. The van der Waals surface area contributed by atoms with E-state index < -0.39 is 15.5 Å². The number of nitrogens with zero attached hydrogens (tertiary/aromatic N) is 6. The van der Waals surface area contributed by atoms with Gasteiger partial charge in [0.05, 0.1) is 22.8 Å². The Labute approximate surface area is 235 Å². The molecule has 1 amide bonds. The molecule has 12 heteroatoms. The lowest BCUT2D eigenvalue weighted by Gasteiger charge is -2.24. The molecule has 0 radical (unpaired) electrons. The SMILES string of the molecule is CCN(CCCS(=O)(=O)O)c1ccc(/N=N/c2c(C#N)c(C(C)(C)C)nn2-c2ccccc2C)c(NC(C)=O)c1. The molecule has 1 aromatic heterocycles. The first-order chi connectivity index (χ1) is 18.7. The molecule has 212 valence electrons. The van der Waals surface area contributed by atoms with Gasteiger partial charge >= 0.3 is 0 Å². The molecule has 40 heavy (non-hydrogen) atoms. The van der Waals surface area contributed by atoms with Gasteiger partial charge in [-0.2, -0.15) is 18.8 Å². The minimum Gasteiger partial charge on any atom is -0.372 e. The topological polar surface area (TPSA) is 153 Å². The lowest BCUT2D eigenvalue weighted by molar-refractivity contribution is -0.114. The number of para-hydroxylation sites is 1. The van der Waals surface area contributed by atoms with Crippen molar-refractivity contribution in [3.63, 3.8) is 0 Å². The van der Waals surface area contributed by atoms with Crippen LogP contribution in [0.1, 0.15) is 57.9 Å². The fourth-order valence-corrected chi connectivity index (χ4v) is 4.70. The number of nitrogens with one attached hydrogen (secondary N) is 1. The van der Waals surface area contributed by atoms with E-state index in [1.807, 2.05) is 63.8 Å². The molecule has 0 aliphatic carbocycles. The fourth-order valence-electron chi connectivity index (χ4n) is 4.21. The minimum atomic E-state index is -4.06. The number of nitriles is 1. The number of rotatable bonds is 10. The van der Waals surface area contributed by atoms with Gasteiger partial charge in [0.2, 0.25) is 5.91 Å². The summed E-state index contributed by atoms with van der Waals surface area (Å²) in [6, 6.07) is 15.1. The molecule has 11 nitrogen and oxygen atoms in total. The largest absolute Gasteiger partial charge is 0.372 e. The van der Waals surface area contributed by atoms with Crippen molar-refractivity contribution in [1.29, 1.82) is 5.26 Å². The molecule has 0 bridgehead atoms. The standard InChI is InChI=1S/C28H35N7O4S/c1-7-34(15-10-16-40(37,38)39)21-13-14-23(24(17-21)30-20(3)36)31-32-27-22(18-29)26(28(4,5)6)33-35(27)25-12-9-8-11-19(25)2/h8-9,11-14,17H,7,10,15-16H2,1-6H3,(H,30,36)(H,37,38,39)/b32-31+. The Morgan fingerprint density at radius 3 is 2.48 bits per heavy atom. The van der Waals surface area contributed by atoms with E-state index >= 15 is 0 Å². The molecule has 3 rings (SSSR count). The van der Waals surface area contributed by atoms with Crippen molar-refractivity contribution in [2.75, 3.05) is 29.1 Å². The highest BCUT2D eigenvalue weighted by atomic mass is 32.2. The number of anilines is 2. The summed E-state index contributed by atoms with van der Waals surface area (Å²) in [5.74, 6) is -0.374. The van der Waals surface area contributed by atoms with Crippen molar-refractivity contribution in [3.8, 4) is 11.8 Å². The van der Waals surface area contributed by atoms with Crippen LogP contribution in [-0.2, 0) is 20.3 Å². The lowest BCUT2D eigenvalue weighted by atomic mass is 9.90. The molecular formula is C28H35N7O4S. The number of amides is 1. The van der Waals surface area contributed by atoms with Gasteiger partial charge in [-0.3, -0.25) is 9.35 Å². The molecule has 0 aliphatic rings. The van der Waals surface area contributed by atoms with Crippen LogP contribution in [0.3, 0.4) is 0 Å². The number of hydrogen-bond donors (Lipinski definition) is 2. The van der Waals surface area contributed by atoms with Crippen molar-refractivity contribution < 1.29 is 17.8 Å². The second-order valence-electron chi connectivity index (χ2n) is 10.4. The van der Waals surface area contributed by atoms with E-state index in [1.54, 1.807) is 22.9 Å². The molecule has 3 aromatic rings. The number of carbonyl (C=O) groups is 1. The van der Waals surface area contributed by atoms with Gasteiger partial charge in [-0.15, -0.1) is 10.2 Å². The van der Waals surface area contributed by atoms with E-state index in [2.05, 4.69) is 21.6 Å². The zero-order chi connectivity index (χ0) is 29.7. The van der Waals surface area contributed by atoms with Gasteiger partial charge in [0.15, 0.2) is 5.82 Å². The van der Waals surface area contributed by atoms with Crippen LogP contribution in [-0.4, -0.2) is 47.5 Å². The highest BCUT2D eigenvalue weighted by molar-refractivity contribution is 7.85. The Balaban J connectivity index is 2.09. The third-order valence-electron chi connectivity index (χ3n) is 6.15. The van der Waals surface area contributed by atoms with E-state index in [-0.39, 0.29) is 23.9 Å². The van der Waals surface area contributed by atoms with Crippen LogP contribution in [0.25, 0.3) is 5.69 Å². The molecular weight excluding hydrogens is 530 g/mol. The summed E-state index contributed by atoms with van der Waals surface area (Å²) in [6.45, 7) is 12.1. The Kier molecular flexibility index (Phi) is 9.44. The maximum Gasteiger partial charge on any atom is 0.264 e. The zero-order valence-electron chi connectivity index (χ0n) is 23.6. The van der Waals surface area contributed by atoms with Gasteiger partial charge in [-0.05, 0) is 50.1 Å². The van der Waals surface area contributed by atoms with Crippen LogP contribution in [0, 0.1) is 18.3 Å². The van der Waals surface area contributed by atoms with Gasteiger partial charge in [0, 0.05) is 31.1 Å². The second-order valence-corrected chi connectivity index (χ2v) is 12.0. The van der Waals surface area contributed by atoms with Gasteiger partial charge in [0.25, 0.3) is 10.1 Å². The third kappa shape index (κ3) is 7.52. The first-order valence-corrected chi connectivity index (χ1v) is 14.5. The summed E-state index contributed by atoms with van der Waals surface area (Å²) >= 11 is 0. The molecule has 2 N–H and O–H groups in total. The number of carbonyl (C=O) groups excluding carboxylic acids is 1.